The summed E-state index contributed by atoms with van der Waals surface area (Å²) in [7, 11) is 0. The number of nitrogens with zero attached hydrogens (tertiary/aromatic N) is 3. The maximum atomic E-state index is 13.1. The minimum Gasteiger partial charge on any atom is -0.353 e. The van der Waals surface area contributed by atoms with Gasteiger partial charge >= 0.3 is 0 Å². The topological polar surface area (TPSA) is 67.2 Å². The van der Waals surface area contributed by atoms with E-state index in [2.05, 4.69) is 27.3 Å². The predicted molar refractivity (Wildman–Crippen MR) is 133 cm³/mol. The van der Waals surface area contributed by atoms with E-state index in [1.54, 1.807) is 22.2 Å². The number of halogens is 1. The molecule has 1 fully saturated rings. The van der Waals surface area contributed by atoms with Crippen molar-refractivity contribution in [2.75, 3.05) is 13.1 Å². The molecule has 0 unspecified atom stereocenters. The number of rotatable bonds is 6. The van der Waals surface area contributed by atoms with Crippen molar-refractivity contribution in [3.8, 4) is 0 Å². The van der Waals surface area contributed by atoms with Gasteiger partial charge in [0.15, 0.2) is 0 Å². The van der Waals surface area contributed by atoms with E-state index in [9.17, 15) is 9.59 Å². The van der Waals surface area contributed by atoms with E-state index in [0.717, 1.165) is 67.0 Å². The van der Waals surface area contributed by atoms with Gasteiger partial charge < -0.3 is 5.32 Å². The van der Waals surface area contributed by atoms with Gasteiger partial charge in [-0.25, -0.2) is 4.98 Å². The normalized spacial score (nSPS) is 17.2. The number of aromatic nitrogens is 2. The molecule has 1 amide bonds. The second-order valence-corrected chi connectivity index (χ2v) is 10.6. The van der Waals surface area contributed by atoms with Crippen LogP contribution >= 0.6 is 22.9 Å². The number of thiophene rings is 1. The number of hydrogen-bond acceptors (Lipinski definition) is 5. The number of fused-ring (bicyclic) bond motifs is 3. The molecule has 2 aliphatic rings. The summed E-state index contributed by atoms with van der Waals surface area (Å²) < 4.78 is 1.61. The van der Waals surface area contributed by atoms with Crippen LogP contribution in [-0.2, 0) is 30.7 Å². The number of hydrogen-bond donors (Lipinski definition) is 1. The van der Waals surface area contributed by atoms with Crippen molar-refractivity contribution in [3.63, 3.8) is 0 Å². The SMILES string of the molecule is O=C(CCn1cnc2sc3c(c2c1=O)CCCC3)NC1CCN(Cc2ccc(Cl)cc2)CC1. The van der Waals surface area contributed by atoms with Gasteiger partial charge in [-0.05, 0) is 61.8 Å². The van der Waals surface area contributed by atoms with Crippen LogP contribution < -0.4 is 10.9 Å². The summed E-state index contributed by atoms with van der Waals surface area (Å²) in [4.78, 5) is 34.7. The molecule has 3 aromatic rings. The van der Waals surface area contributed by atoms with Gasteiger partial charge in [-0.15, -0.1) is 11.3 Å². The van der Waals surface area contributed by atoms with Crippen molar-refractivity contribution in [2.24, 2.45) is 0 Å². The fraction of sp³-hybridized carbons (Fsp3) is 0.480. The fourth-order valence-corrected chi connectivity index (χ4v) is 6.29. The highest BCUT2D eigenvalue weighted by Crippen LogP contribution is 2.33. The average molecular weight is 485 g/mol. The molecule has 2 aromatic heterocycles. The second-order valence-electron chi connectivity index (χ2n) is 9.13. The van der Waals surface area contributed by atoms with Crippen LogP contribution in [-0.4, -0.2) is 39.5 Å². The zero-order valence-corrected chi connectivity index (χ0v) is 20.3. The molecule has 0 radical (unpaired) electrons. The smallest absolute Gasteiger partial charge is 0.262 e. The quantitative estimate of drug-likeness (QED) is 0.570. The zero-order chi connectivity index (χ0) is 22.8. The van der Waals surface area contributed by atoms with Gasteiger partial charge in [-0.2, -0.15) is 0 Å². The van der Waals surface area contributed by atoms with Crippen molar-refractivity contribution in [2.45, 2.75) is 64.1 Å². The number of likely N-dealkylation sites (tertiary alicyclic amines) is 1. The lowest BCUT2D eigenvalue weighted by atomic mass is 9.97. The van der Waals surface area contributed by atoms with Crippen LogP contribution in [0, 0.1) is 0 Å². The maximum absolute atomic E-state index is 13.1. The highest BCUT2D eigenvalue weighted by atomic mass is 35.5. The Hall–Kier alpha value is -2.22. The van der Waals surface area contributed by atoms with Crippen LogP contribution in [0.1, 0.15) is 48.1 Å². The third kappa shape index (κ3) is 5.15. The van der Waals surface area contributed by atoms with E-state index in [0.29, 0.717) is 13.0 Å². The van der Waals surface area contributed by atoms with Crippen LogP contribution in [0.15, 0.2) is 35.4 Å². The van der Waals surface area contributed by atoms with Gasteiger partial charge in [0, 0.05) is 48.5 Å². The average Bonchev–Trinajstić information content (AvgIpc) is 3.21. The monoisotopic (exact) mass is 484 g/mol. The van der Waals surface area contributed by atoms with Crippen LogP contribution in [0.4, 0.5) is 0 Å². The summed E-state index contributed by atoms with van der Waals surface area (Å²) in [6, 6.07) is 8.18. The summed E-state index contributed by atoms with van der Waals surface area (Å²) in [6.07, 6.45) is 8.12. The molecule has 8 heteroatoms. The molecule has 0 atom stereocenters. The first-order valence-corrected chi connectivity index (χ1v) is 13.0. The molecule has 1 aliphatic heterocycles. The van der Waals surface area contributed by atoms with E-state index in [1.807, 2.05) is 12.1 Å². The van der Waals surface area contributed by atoms with Crippen molar-refractivity contribution < 1.29 is 4.79 Å². The Morgan fingerprint density at radius 3 is 2.70 bits per heavy atom. The minimum absolute atomic E-state index is 0.00251. The number of carbonyl (C=O) groups excluding carboxylic acids is 1. The minimum atomic E-state index is 0.00251. The standard InChI is InChI=1S/C25H29ClN4O2S/c26-18-7-5-17(6-8-18)15-29-12-9-19(10-13-29)28-22(31)11-14-30-16-27-24-23(25(30)32)20-3-1-2-4-21(20)33-24/h5-8,16,19H,1-4,9-15H2,(H,28,31). The van der Waals surface area contributed by atoms with Gasteiger partial charge in [0.1, 0.15) is 4.83 Å². The Morgan fingerprint density at radius 1 is 1.15 bits per heavy atom. The van der Waals surface area contributed by atoms with E-state index >= 15 is 0 Å². The maximum Gasteiger partial charge on any atom is 0.262 e. The first kappa shape index (κ1) is 22.6. The summed E-state index contributed by atoms with van der Waals surface area (Å²) in [6.45, 7) is 3.18. The number of amides is 1. The number of nitrogens with one attached hydrogen (secondary N) is 1. The first-order chi connectivity index (χ1) is 16.1. The molecule has 0 bridgehead atoms. The van der Waals surface area contributed by atoms with Crippen LogP contribution in [0.2, 0.25) is 5.02 Å². The van der Waals surface area contributed by atoms with Gasteiger partial charge in [0.25, 0.3) is 5.56 Å². The Labute approximate surface area is 202 Å². The fourth-order valence-electron chi connectivity index (χ4n) is 4.95. The molecule has 33 heavy (non-hydrogen) atoms. The summed E-state index contributed by atoms with van der Waals surface area (Å²) in [5.74, 6) is 0.00509. The Kier molecular flexibility index (Phi) is 6.81. The summed E-state index contributed by atoms with van der Waals surface area (Å²) >= 11 is 7.63. The molecule has 0 spiro atoms. The highest BCUT2D eigenvalue weighted by molar-refractivity contribution is 7.18. The highest BCUT2D eigenvalue weighted by Gasteiger charge is 2.22. The van der Waals surface area contributed by atoms with Crippen LogP contribution in [0.5, 0.6) is 0 Å². The molecule has 174 valence electrons. The van der Waals surface area contributed by atoms with Gasteiger partial charge in [0.2, 0.25) is 5.91 Å². The molecule has 1 aliphatic carbocycles. The van der Waals surface area contributed by atoms with E-state index < -0.39 is 0 Å². The molecule has 6 nitrogen and oxygen atoms in total. The van der Waals surface area contributed by atoms with Gasteiger partial charge in [0.05, 0.1) is 11.7 Å². The summed E-state index contributed by atoms with van der Waals surface area (Å²) in [5, 5.41) is 4.71. The molecule has 5 rings (SSSR count). The number of benzene rings is 1. The Bertz CT molecular complexity index is 1200. The van der Waals surface area contributed by atoms with Crippen molar-refractivity contribution >= 4 is 39.1 Å². The zero-order valence-electron chi connectivity index (χ0n) is 18.7. The molecular formula is C25H29ClN4O2S. The molecule has 1 saturated heterocycles. The van der Waals surface area contributed by atoms with Crippen molar-refractivity contribution in [3.05, 3.63) is 62.0 Å². The van der Waals surface area contributed by atoms with E-state index in [4.69, 9.17) is 11.6 Å². The third-order valence-electron chi connectivity index (χ3n) is 6.79. The molecular weight excluding hydrogens is 456 g/mol. The Balaban J connectivity index is 1.12. The predicted octanol–water partition coefficient (Wildman–Crippen LogP) is 4.16. The van der Waals surface area contributed by atoms with E-state index in [-0.39, 0.29) is 17.5 Å². The summed E-state index contributed by atoms with van der Waals surface area (Å²) in [5.41, 5.74) is 2.45. The largest absolute Gasteiger partial charge is 0.353 e. The molecule has 0 saturated carbocycles. The number of carbonyl (C=O) groups is 1. The van der Waals surface area contributed by atoms with Crippen molar-refractivity contribution in [1.82, 2.24) is 19.8 Å². The van der Waals surface area contributed by atoms with Crippen LogP contribution in [0.3, 0.4) is 0 Å². The lowest BCUT2D eigenvalue weighted by Crippen LogP contribution is -2.44. The van der Waals surface area contributed by atoms with Gasteiger partial charge in [-0.3, -0.25) is 19.1 Å². The number of piperidine rings is 1. The lowest BCUT2D eigenvalue weighted by molar-refractivity contribution is -0.122. The molecule has 3 heterocycles. The Morgan fingerprint density at radius 2 is 1.91 bits per heavy atom. The van der Waals surface area contributed by atoms with E-state index in [1.165, 1.54) is 22.4 Å². The van der Waals surface area contributed by atoms with Crippen molar-refractivity contribution in [1.29, 1.82) is 0 Å². The third-order valence-corrected chi connectivity index (χ3v) is 8.25. The van der Waals surface area contributed by atoms with Gasteiger partial charge in [-0.1, -0.05) is 23.7 Å². The molecule has 1 N–H and O–H groups in total. The molecule has 1 aromatic carbocycles. The van der Waals surface area contributed by atoms with Crippen LogP contribution in [0.25, 0.3) is 10.2 Å². The number of aryl methyl sites for hydroxylation is 3. The first-order valence-electron chi connectivity index (χ1n) is 11.8. The lowest BCUT2D eigenvalue weighted by Gasteiger charge is -2.32. The second kappa shape index (κ2) is 9.95.